The second kappa shape index (κ2) is 7.13. The number of likely N-dealkylation sites (tertiary alicyclic amines) is 1. The molecule has 0 aromatic rings. The van der Waals surface area contributed by atoms with E-state index < -0.39 is 0 Å². The lowest BCUT2D eigenvalue weighted by Crippen LogP contribution is -2.45. The third kappa shape index (κ3) is 3.61. The molecule has 0 aromatic carbocycles. The van der Waals surface area contributed by atoms with E-state index in [4.69, 9.17) is 5.73 Å². The van der Waals surface area contributed by atoms with Gasteiger partial charge in [-0.05, 0) is 62.8 Å². The van der Waals surface area contributed by atoms with Gasteiger partial charge in [-0.15, -0.1) is 0 Å². The van der Waals surface area contributed by atoms with Crippen LogP contribution in [0.25, 0.3) is 0 Å². The SMILES string of the molecule is NCCC1CCCN(C(=O)C2CCC3CCCCC3C2)C1. The quantitative estimate of drug-likeness (QED) is 0.868. The predicted octanol–water partition coefficient (Wildman–Crippen LogP) is 3.18. The average Bonchev–Trinajstić information content (AvgIpc) is 2.54. The number of rotatable bonds is 3. The molecule has 0 bridgehead atoms. The van der Waals surface area contributed by atoms with Gasteiger partial charge in [0.1, 0.15) is 0 Å². The molecule has 21 heavy (non-hydrogen) atoms. The second-order valence-corrected chi connectivity index (χ2v) is 7.68. The number of carbonyl (C=O) groups is 1. The minimum absolute atomic E-state index is 0.334. The largest absolute Gasteiger partial charge is 0.342 e. The first kappa shape index (κ1) is 15.3. The lowest BCUT2D eigenvalue weighted by atomic mass is 9.67. The van der Waals surface area contributed by atoms with Crippen molar-refractivity contribution in [3.8, 4) is 0 Å². The van der Waals surface area contributed by atoms with Gasteiger partial charge in [-0.2, -0.15) is 0 Å². The van der Waals surface area contributed by atoms with Crippen molar-refractivity contribution in [3.63, 3.8) is 0 Å². The number of nitrogens with two attached hydrogens (primary N) is 1. The fraction of sp³-hybridized carbons (Fsp3) is 0.944. The van der Waals surface area contributed by atoms with E-state index >= 15 is 0 Å². The van der Waals surface area contributed by atoms with Crippen LogP contribution in [0.1, 0.15) is 64.2 Å². The molecule has 3 nitrogen and oxygen atoms in total. The molecule has 0 aromatic heterocycles. The van der Waals surface area contributed by atoms with Crippen LogP contribution in [0, 0.1) is 23.7 Å². The van der Waals surface area contributed by atoms with Gasteiger partial charge in [0.2, 0.25) is 5.91 Å². The third-order valence-corrected chi connectivity index (χ3v) is 6.29. The molecule has 3 rings (SSSR count). The van der Waals surface area contributed by atoms with Crippen molar-refractivity contribution in [2.24, 2.45) is 29.4 Å². The van der Waals surface area contributed by atoms with Crippen LogP contribution in [0.15, 0.2) is 0 Å². The molecule has 3 heteroatoms. The van der Waals surface area contributed by atoms with E-state index in [1.165, 1.54) is 51.4 Å². The Morgan fingerprint density at radius 3 is 2.62 bits per heavy atom. The normalized spacial score (nSPS) is 37.1. The van der Waals surface area contributed by atoms with E-state index in [1.54, 1.807) is 0 Å². The van der Waals surface area contributed by atoms with Crippen LogP contribution in [0.5, 0.6) is 0 Å². The number of hydrogen-bond donors (Lipinski definition) is 1. The molecule has 1 aliphatic heterocycles. The zero-order valence-corrected chi connectivity index (χ0v) is 13.4. The van der Waals surface area contributed by atoms with Crippen molar-refractivity contribution in [1.29, 1.82) is 0 Å². The van der Waals surface area contributed by atoms with Crippen molar-refractivity contribution in [2.75, 3.05) is 19.6 Å². The van der Waals surface area contributed by atoms with Gasteiger partial charge in [-0.1, -0.05) is 25.7 Å². The highest BCUT2D eigenvalue weighted by molar-refractivity contribution is 5.79. The van der Waals surface area contributed by atoms with Gasteiger partial charge in [0.25, 0.3) is 0 Å². The Balaban J connectivity index is 1.55. The van der Waals surface area contributed by atoms with Crippen molar-refractivity contribution in [2.45, 2.75) is 64.2 Å². The molecule has 2 aliphatic carbocycles. The first-order valence-electron chi connectivity index (χ1n) is 9.26. The maximum Gasteiger partial charge on any atom is 0.225 e. The predicted molar refractivity (Wildman–Crippen MR) is 85.8 cm³/mol. The summed E-state index contributed by atoms with van der Waals surface area (Å²) < 4.78 is 0. The maximum atomic E-state index is 12.9. The second-order valence-electron chi connectivity index (χ2n) is 7.68. The van der Waals surface area contributed by atoms with Gasteiger partial charge in [0.05, 0.1) is 0 Å². The first-order valence-corrected chi connectivity index (χ1v) is 9.26. The number of nitrogens with zero attached hydrogens (tertiary/aromatic N) is 1. The Labute approximate surface area is 129 Å². The molecular weight excluding hydrogens is 260 g/mol. The molecule has 1 heterocycles. The minimum atomic E-state index is 0.334. The zero-order valence-electron chi connectivity index (χ0n) is 13.4. The van der Waals surface area contributed by atoms with Crippen LogP contribution >= 0.6 is 0 Å². The van der Waals surface area contributed by atoms with Crippen LogP contribution in [0.3, 0.4) is 0 Å². The monoisotopic (exact) mass is 292 g/mol. The smallest absolute Gasteiger partial charge is 0.225 e. The topological polar surface area (TPSA) is 46.3 Å². The van der Waals surface area contributed by atoms with Gasteiger partial charge < -0.3 is 10.6 Å². The molecule has 4 atom stereocenters. The molecule has 4 unspecified atom stereocenters. The molecule has 2 N–H and O–H groups in total. The highest BCUT2D eigenvalue weighted by Gasteiger charge is 2.37. The average molecular weight is 292 g/mol. The Kier molecular flexibility index (Phi) is 5.20. The summed E-state index contributed by atoms with van der Waals surface area (Å²) in [6.07, 6.45) is 12.8. The number of hydrogen-bond acceptors (Lipinski definition) is 2. The van der Waals surface area contributed by atoms with E-state index in [-0.39, 0.29) is 0 Å². The Morgan fingerprint density at radius 1 is 1.00 bits per heavy atom. The summed E-state index contributed by atoms with van der Waals surface area (Å²) in [4.78, 5) is 15.1. The van der Waals surface area contributed by atoms with Crippen LogP contribution in [0.4, 0.5) is 0 Å². The summed E-state index contributed by atoms with van der Waals surface area (Å²) >= 11 is 0. The van der Waals surface area contributed by atoms with Gasteiger partial charge in [-0.25, -0.2) is 0 Å². The molecule has 1 amide bonds. The standard InChI is InChI=1S/C18H32N2O/c19-10-9-14-4-3-11-20(13-14)18(21)17-8-7-15-5-1-2-6-16(15)12-17/h14-17H,1-13,19H2. The highest BCUT2D eigenvalue weighted by Crippen LogP contribution is 2.43. The molecule has 0 spiro atoms. The van der Waals surface area contributed by atoms with Crippen LogP contribution in [0.2, 0.25) is 0 Å². The van der Waals surface area contributed by atoms with Crippen LogP contribution in [-0.4, -0.2) is 30.4 Å². The van der Waals surface area contributed by atoms with Crippen molar-refractivity contribution in [3.05, 3.63) is 0 Å². The van der Waals surface area contributed by atoms with Crippen molar-refractivity contribution < 1.29 is 4.79 Å². The molecule has 0 radical (unpaired) electrons. The van der Waals surface area contributed by atoms with Gasteiger partial charge in [-0.3, -0.25) is 4.79 Å². The van der Waals surface area contributed by atoms with E-state index in [0.717, 1.165) is 44.3 Å². The van der Waals surface area contributed by atoms with E-state index in [9.17, 15) is 4.79 Å². The fourth-order valence-electron chi connectivity index (χ4n) is 5.09. The van der Waals surface area contributed by atoms with Crippen molar-refractivity contribution in [1.82, 2.24) is 4.90 Å². The number of piperidine rings is 1. The molecule has 1 saturated heterocycles. The summed E-state index contributed by atoms with van der Waals surface area (Å²) in [5.41, 5.74) is 5.69. The molecule has 120 valence electrons. The molecule has 3 fully saturated rings. The maximum absolute atomic E-state index is 12.9. The third-order valence-electron chi connectivity index (χ3n) is 6.29. The summed E-state index contributed by atoms with van der Waals surface area (Å²) in [6.45, 7) is 2.73. The van der Waals surface area contributed by atoms with E-state index in [1.807, 2.05) is 0 Å². The summed E-state index contributed by atoms with van der Waals surface area (Å²) in [5.74, 6) is 3.25. The Hall–Kier alpha value is -0.570. The number of fused-ring (bicyclic) bond motifs is 1. The minimum Gasteiger partial charge on any atom is -0.342 e. The highest BCUT2D eigenvalue weighted by atomic mass is 16.2. The summed E-state index contributed by atoms with van der Waals surface area (Å²) in [7, 11) is 0. The van der Waals surface area contributed by atoms with E-state index in [0.29, 0.717) is 17.7 Å². The fourth-order valence-corrected chi connectivity index (χ4v) is 5.09. The Bertz CT molecular complexity index is 355. The van der Waals surface area contributed by atoms with Gasteiger partial charge >= 0.3 is 0 Å². The summed E-state index contributed by atoms with van der Waals surface area (Å²) in [6, 6.07) is 0. The van der Waals surface area contributed by atoms with Gasteiger partial charge in [0.15, 0.2) is 0 Å². The Morgan fingerprint density at radius 2 is 1.81 bits per heavy atom. The lowest BCUT2D eigenvalue weighted by molar-refractivity contribution is -0.139. The van der Waals surface area contributed by atoms with Crippen LogP contribution in [-0.2, 0) is 4.79 Å². The lowest BCUT2D eigenvalue weighted by Gasteiger charge is -2.41. The van der Waals surface area contributed by atoms with E-state index in [2.05, 4.69) is 4.90 Å². The molecular formula is C18H32N2O. The van der Waals surface area contributed by atoms with Gasteiger partial charge in [0, 0.05) is 19.0 Å². The first-order chi connectivity index (χ1) is 10.3. The molecule has 2 saturated carbocycles. The van der Waals surface area contributed by atoms with Crippen LogP contribution < -0.4 is 5.73 Å². The summed E-state index contributed by atoms with van der Waals surface area (Å²) in [5, 5.41) is 0. The molecule has 3 aliphatic rings. The zero-order chi connectivity index (χ0) is 14.7. The number of carbonyl (C=O) groups excluding carboxylic acids is 1. The number of amides is 1. The van der Waals surface area contributed by atoms with Crippen molar-refractivity contribution >= 4 is 5.91 Å².